The second-order valence-corrected chi connectivity index (χ2v) is 5.96. The predicted octanol–water partition coefficient (Wildman–Crippen LogP) is 4.36. The highest BCUT2D eigenvalue weighted by molar-refractivity contribution is 6.10. The van der Waals surface area contributed by atoms with Gasteiger partial charge in [0.15, 0.2) is 0 Å². The quantitative estimate of drug-likeness (QED) is 0.834. The third-order valence-corrected chi connectivity index (χ3v) is 4.18. The molecule has 3 rings (SSSR count). The van der Waals surface area contributed by atoms with Gasteiger partial charge in [0.1, 0.15) is 12.0 Å². The Morgan fingerprint density at radius 2 is 2.00 bits per heavy atom. The molecule has 2 aliphatic rings. The van der Waals surface area contributed by atoms with Gasteiger partial charge >= 0.3 is 0 Å². The van der Waals surface area contributed by atoms with E-state index in [9.17, 15) is 4.39 Å². The number of fused-ring (bicyclic) bond motifs is 1. The third kappa shape index (κ3) is 3.32. The van der Waals surface area contributed by atoms with Crippen molar-refractivity contribution in [1.29, 1.82) is 0 Å². The minimum absolute atomic E-state index is 0.237. The lowest BCUT2D eigenvalue weighted by molar-refractivity contribution is 0.492. The van der Waals surface area contributed by atoms with Crippen LogP contribution in [0.4, 0.5) is 4.39 Å². The van der Waals surface area contributed by atoms with Crippen LogP contribution in [0.15, 0.2) is 77.0 Å². The molecule has 124 valence electrons. The zero-order valence-corrected chi connectivity index (χ0v) is 14.3. The van der Waals surface area contributed by atoms with Crippen molar-refractivity contribution in [2.45, 2.75) is 33.5 Å². The van der Waals surface area contributed by atoms with Crippen LogP contribution in [0, 0.1) is 6.92 Å². The summed E-state index contributed by atoms with van der Waals surface area (Å²) in [7, 11) is 0. The first-order chi connectivity index (χ1) is 11.6. The molecular formula is C20H22FN3. The molecule has 0 radical (unpaired) electrons. The monoisotopic (exact) mass is 323 g/mol. The maximum atomic E-state index is 14.0. The first-order valence-corrected chi connectivity index (χ1v) is 8.15. The van der Waals surface area contributed by atoms with Crippen molar-refractivity contribution in [1.82, 2.24) is 10.2 Å². The lowest BCUT2D eigenvalue weighted by atomic mass is 10.1. The zero-order chi connectivity index (χ0) is 17.1. The molecule has 0 saturated heterocycles. The van der Waals surface area contributed by atoms with E-state index in [1.54, 1.807) is 13.0 Å². The predicted molar refractivity (Wildman–Crippen MR) is 96.9 cm³/mol. The van der Waals surface area contributed by atoms with E-state index >= 15 is 0 Å². The van der Waals surface area contributed by atoms with Crippen molar-refractivity contribution in [3.63, 3.8) is 0 Å². The SMILES string of the molecule is C/C=C(\C(F)=C/C)C1N=C2C=CN(Cc3ccc(C)cc3)C=C2N1. The van der Waals surface area contributed by atoms with Crippen molar-refractivity contribution in [3.05, 3.63) is 83.1 Å². The van der Waals surface area contributed by atoms with Gasteiger partial charge < -0.3 is 10.2 Å². The summed E-state index contributed by atoms with van der Waals surface area (Å²) < 4.78 is 14.0. The van der Waals surface area contributed by atoms with Crippen molar-refractivity contribution >= 4 is 5.71 Å². The Hall–Kier alpha value is -2.62. The molecule has 0 saturated carbocycles. The molecule has 2 heterocycles. The molecule has 0 spiro atoms. The minimum atomic E-state index is -0.364. The Kier molecular flexibility index (Phi) is 4.65. The Labute approximate surface area is 142 Å². The van der Waals surface area contributed by atoms with Crippen LogP contribution in [-0.2, 0) is 6.54 Å². The van der Waals surface area contributed by atoms with Gasteiger partial charge in [-0.05, 0) is 32.4 Å². The van der Waals surface area contributed by atoms with Crippen molar-refractivity contribution in [2.24, 2.45) is 4.99 Å². The number of nitrogens with one attached hydrogen (secondary N) is 1. The van der Waals surface area contributed by atoms with Gasteiger partial charge in [-0.3, -0.25) is 4.99 Å². The Bertz CT molecular complexity index is 767. The fourth-order valence-corrected chi connectivity index (χ4v) is 2.82. The average Bonchev–Trinajstić information content (AvgIpc) is 3.00. The van der Waals surface area contributed by atoms with Gasteiger partial charge in [-0.25, -0.2) is 4.39 Å². The molecule has 1 aromatic rings. The molecule has 4 heteroatoms. The number of rotatable bonds is 4. The molecule has 0 bridgehead atoms. The van der Waals surface area contributed by atoms with Crippen LogP contribution in [0.5, 0.6) is 0 Å². The summed E-state index contributed by atoms with van der Waals surface area (Å²) in [6, 6.07) is 8.50. The molecular weight excluding hydrogens is 301 g/mol. The van der Waals surface area contributed by atoms with E-state index in [1.807, 2.05) is 25.4 Å². The molecule has 0 amide bonds. The highest BCUT2D eigenvalue weighted by Crippen LogP contribution is 2.25. The van der Waals surface area contributed by atoms with E-state index in [2.05, 4.69) is 46.4 Å². The van der Waals surface area contributed by atoms with Crippen LogP contribution in [-0.4, -0.2) is 16.8 Å². The molecule has 0 aromatic heterocycles. The topological polar surface area (TPSA) is 27.6 Å². The van der Waals surface area contributed by atoms with E-state index in [0.717, 1.165) is 18.0 Å². The summed E-state index contributed by atoms with van der Waals surface area (Å²) in [5.74, 6) is -0.237. The standard InChI is InChI=1S/C20H22FN3/c1-4-16(17(21)5-2)20-22-18-10-11-24(13-19(18)23-20)12-15-8-6-14(3)7-9-15/h4-11,13,20,23H,12H2,1-3H3/b16-4+,17-5+. The number of allylic oxidation sites excluding steroid dienone is 3. The van der Waals surface area contributed by atoms with E-state index in [1.165, 1.54) is 17.2 Å². The maximum Gasteiger partial charge on any atom is 0.148 e. The molecule has 3 nitrogen and oxygen atoms in total. The van der Waals surface area contributed by atoms with Crippen molar-refractivity contribution < 1.29 is 4.39 Å². The number of hydrogen-bond acceptors (Lipinski definition) is 3. The van der Waals surface area contributed by atoms with Crippen LogP contribution in [0.25, 0.3) is 0 Å². The van der Waals surface area contributed by atoms with Gasteiger partial charge in [-0.1, -0.05) is 42.0 Å². The van der Waals surface area contributed by atoms with Crippen LogP contribution in [0.1, 0.15) is 25.0 Å². The summed E-state index contributed by atoms with van der Waals surface area (Å²) in [4.78, 5) is 6.68. The fourth-order valence-electron chi connectivity index (χ4n) is 2.82. The summed E-state index contributed by atoms with van der Waals surface area (Å²) in [6.45, 7) is 6.40. The second-order valence-electron chi connectivity index (χ2n) is 5.96. The van der Waals surface area contributed by atoms with Gasteiger partial charge in [0.2, 0.25) is 0 Å². The lowest BCUT2D eigenvalue weighted by Gasteiger charge is -2.21. The molecule has 0 aliphatic carbocycles. The number of halogens is 1. The zero-order valence-electron chi connectivity index (χ0n) is 14.3. The Morgan fingerprint density at radius 1 is 1.25 bits per heavy atom. The third-order valence-electron chi connectivity index (χ3n) is 4.18. The van der Waals surface area contributed by atoms with Crippen LogP contribution >= 0.6 is 0 Å². The molecule has 0 fully saturated rings. The van der Waals surface area contributed by atoms with Crippen LogP contribution in [0.2, 0.25) is 0 Å². The molecule has 1 atom stereocenters. The summed E-state index contributed by atoms with van der Waals surface area (Å²) in [6.07, 6.45) is 8.87. The summed E-state index contributed by atoms with van der Waals surface area (Å²) in [5, 5.41) is 3.30. The number of aryl methyl sites for hydroxylation is 1. The van der Waals surface area contributed by atoms with Gasteiger partial charge in [0, 0.05) is 24.5 Å². The van der Waals surface area contributed by atoms with Gasteiger partial charge in [-0.2, -0.15) is 0 Å². The largest absolute Gasteiger partial charge is 0.357 e. The van der Waals surface area contributed by atoms with Gasteiger partial charge in [-0.15, -0.1) is 0 Å². The number of aliphatic imine (C=N–C) groups is 1. The van der Waals surface area contributed by atoms with E-state index in [4.69, 9.17) is 0 Å². The number of benzene rings is 1. The molecule has 2 aliphatic heterocycles. The molecule has 1 aromatic carbocycles. The van der Waals surface area contributed by atoms with Gasteiger partial charge in [0.25, 0.3) is 0 Å². The van der Waals surface area contributed by atoms with Crippen molar-refractivity contribution in [2.75, 3.05) is 0 Å². The molecule has 1 unspecified atom stereocenters. The molecule has 1 N–H and O–H groups in total. The number of nitrogens with zero attached hydrogens (tertiary/aromatic N) is 2. The van der Waals surface area contributed by atoms with E-state index < -0.39 is 0 Å². The fraction of sp³-hybridized carbons (Fsp3) is 0.250. The Morgan fingerprint density at radius 3 is 2.67 bits per heavy atom. The smallest absolute Gasteiger partial charge is 0.148 e. The second kappa shape index (κ2) is 6.87. The maximum absolute atomic E-state index is 14.0. The normalized spacial score (nSPS) is 20.5. The van der Waals surface area contributed by atoms with Gasteiger partial charge in [0.05, 0.1) is 11.4 Å². The average molecular weight is 323 g/mol. The van der Waals surface area contributed by atoms with Crippen molar-refractivity contribution in [3.8, 4) is 0 Å². The molecule has 24 heavy (non-hydrogen) atoms. The first-order valence-electron chi connectivity index (χ1n) is 8.15. The lowest BCUT2D eigenvalue weighted by Crippen LogP contribution is -2.27. The van der Waals surface area contributed by atoms with Crippen LogP contribution in [0.3, 0.4) is 0 Å². The summed E-state index contributed by atoms with van der Waals surface area (Å²) in [5.41, 5.74) is 4.86. The first kappa shape index (κ1) is 16.2. The van der Waals surface area contributed by atoms with E-state index in [-0.39, 0.29) is 12.0 Å². The van der Waals surface area contributed by atoms with Crippen LogP contribution < -0.4 is 5.32 Å². The number of hydrogen-bond donors (Lipinski definition) is 1. The highest BCUT2D eigenvalue weighted by Gasteiger charge is 2.26. The van der Waals surface area contributed by atoms with E-state index in [0.29, 0.717) is 5.57 Å². The Balaban J connectivity index is 1.74. The summed E-state index contributed by atoms with van der Waals surface area (Å²) >= 11 is 0. The minimum Gasteiger partial charge on any atom is -0.357 e. The highest BCUT2D eigenvalue weighted by atomic mass is 19.1.